The molecule has 0 spiro atoms. The second-order valence-electron chi connectivity index (χ2n) is 3.60. The van der Waals surface area contributed by atoms with Gasteiger partial charge < -0.3 is 0 Å². The third kappa shape index (κ3) is 3.58. The molecule has 0 saturated carbocycles. The van der Waals surface area contributed by atoms with Crippen LogP contribution in [0.3, 0.4) is 0 Å². The van der Waals surface area contributed by atoms with Crippen molar-refractivity contribution in [3.8, 4) is 0 Å². The van der Waals surface area contributed by atoms with Crippen molar-refractivity contribution >= 4 is 5.71 Å². The summed E-state index contributed by atoms with van der Waals surface area (Å²) in [5.41, 5.74) is 3.91. The minimum absolute atomic E-state index is 0.545. The van der Waals surface area contributed by atoms with E-state index in [0.29, 0.717) is 5.92 Å². The van der Waals surface area contributed by atoms with Gasteiger partial charge in [0.25, 0.3) is 0 Å². The molecule has 1 heteroatoms. The quantitative estimate of drug-likeness (QED) is 0.579. The molecule has 0 rings (SSSR count). The van der Waals surface area contributed by atoms with Crippen molar-refractivity contribution in [2.24, 2.45) is 10.9 Å². The van der Waals surface area contributed by atoms with E-state index >= 15 is 0 Å². The van der Waals surface area contributed by atoms with Crippen LogP contribution >= 0.6 is 0 Å². The Kier molecular flexibility index (Phi) is 5.36. The average molecular weight is 179 g/mol. The number of nitrogens with zero attached hydrogens (tertiary/aromatic N) is 1. The fourth-order valence-electron chi connectivity index (χ4n) is 1.62. The molecule has 0 fully saturated rings. The summed E-state index contributed by atoms with van der Waals surface area (Å²) in [5, 5.41) is 0. The Hall–Kier alpha value is -0.850. The van der Waals surface area contributed by atoms with E-state index < -0.39 is 0 Å². The van der Waals surface area contributed by atoms with Gasteiger partial charge in [0.05, 0.1) is 0 Å². The maximum absolute atomic E-state index is 4.24. The molecule has 74 valence electrons. The van der Waals surface area contributed by atoms with E-state index in [9.17, 15) is 0 Å². The van der Waals surface area contributed by atoms with Crippen LogP contribution in [0, 0.1) is 5.92 Å². The maximum atomic E-state index is 4.24. The molecule has 0 aromatic carbocycles. The lowest BCUT2D eigenvalue weighted by Crippen LogP contribution is -2.07. The highest BCUT2D eigenvalue weighted by Crippen LogP contribution is 2.18. The standard InChI is InChI=1S/C12H21N/c1-7-10(5)12(9(3)4)11(6)13-8-2/h8-9H,2,7H2,1,3-6H3/b12-10+,13-11?. The Morgan fingerprint density at radius 2 is 1.92 bits per heavy atom. The summed E-state index contributed by atoms with van der Waals surface area (Å²) in [6, 6.07) is 0. The van der Waals surface area contributed by atoms with Crippen molar-refractivity contribution in [3.63, 3.8) is 0 Å². The SMILES string of the molecule is C=CN=C(C)/C(=C(\C)CC)C(C)C. The zero-order chi connectivity index (χ0) is 10.4. The van der Waals surface area contributed by atoms with Crippen LogP contribution in [-0.2, 0) is 0 Å². The number of aliphatic imine (C=N–C) groups is 1. The fraction of sp³-hybridized carbons (Fsp3) is 0.583. The Balaban J connectivity index is 5.04. The second-order valence-corrected chi connectivity index (χ2v) is 3.60. The van der Waals surface area contributed by atoms with Crippen molar-refractivity contribution < 1.29 is 0 Å². The molecule has 0 saturated heterocycles. The molecule has 1 nitrogen and oxygen atoms in total. The van der Waals surface area contributed by atoms with Crippen LogP contribution in [0.15, 0.2) is 28.9 Å². The predicted octanol–water partition coefficient (Wildman–Crippen LogP) is 3.97. The largest absolute Gasteiger partial charge is 0.262 e. The van der Waals surface area contributed by atoms with Crippen molar-refractivity contribution in [3.05, 3.63) is 23.9 Å². The van der Waals surface area contributed by atoms with Gasteiger partial charge in [-0.05, 0) is 31.8 Å². The van der Waals surface area contributed by atoms with E-state index in [2.05, 4.69) is 46.2 Å². The minimum atomic E-state index is 0.545. The summed E-state index contributed by atoms with van der Waals surface area (Å²) < 4.78 is 0. The molecular formula is C12H21N. The van der Waals surface area contributed by atoms with Gasteiger partial charge in [0.2, 0.25) is 0 Å². The van der Waals surface area contributed by atoms with E-state index in [1.165, 1.54) is 11.1 Å². The Morgan fingerprint density at radius 3 is 2.23 bits per heavy atom. The first kappa shape index (κ1) is 12.2. The lowest BCUT2D eigenvalue weighted by Gasteiger charge is -2.14. The molecular weight excluding hydrogens is 158 g/mol. The highest BCUT2D eigenvalue weighted by Gasteiger charge is 2.09. The summed E-state index contributed by atoms with van der Waals surface area (Å²) in [6.07, 6.45) is 2.71. The first-order chi connectivity index (χ1) is 6.04. The van der Waals surface area contributed by atoms with Crippen LogP contribution < -0.4 is 0 Å². The second kappa shape index (κ2) is 5.74. The van der Waals surface area contributed by atoms with Gasteiger partial charge in [0.1, 0.15) is 0 Å². The third-order valence-electron chi connectivity index (χ3n) is 2.24. The zero-order valence-corrected chi connectivity index (χ0v) is 9.52. The molecule has 13 heavy (non-hydrogen) atoms. The number of hydrogen-bond acceptors (Lipinski definition) is 1. The van der Waals surface area contributed by atoms with Crippen LogP contribution in [0.1, 0.15) is 41.0 Å². The molecule has 0 heterocycles. The van der Waals surface area contributed by atoms with Gasteiger partial charge in [-0.15, -0.1) is 0 Å². The summed E-state index contributed by atoms with van der Waals surface area (Å²) in [5.74, 6) is 0.545. The fourth-order valence-corrected chi connectivity index (χ4v) is 1.62. The zero-order valence-electron chi connectivity index (χ0n) is 9.52. The van der Waals surface area contributed by atoms with Crippen LogP contribution in [0.5, 0.6) is 0 Å². The molecule has 0 unspecified atom stereocenters. The molecule has 0 amide bonds. The molecule has 0 radical (unpaired) electrons. The number of rotatable bonds is 4. The Morgan fingerprint density at radius 1 is 1.38 bits per heavy atom. The predicted molar refractivity (Wildman–Crippen MR) is 61.1 cm³/mol. The van der Waals surface area contributed by atoms with E-state index in [-0.39, 0.29) is 0 Å². The van der Waals surface area contributed by atoms with Gasteiger partial charge >= 0.3 is 0 Å². The van der Waals surface area contributed by atoms with E-state index in [1.54, 1.807) is 6.20 Å². The molecule has 0 aromatic heterocycles. The first-order valence-electron chi connectivity index (χ1n) is 4.89. The Bertz CT molecular complexity index is 232. The molecule has 0 aromatic rings. The normalized spacial score (nSPS) is 14.5. The van der Waals surface area contributed by atoms with Gasteiger partial charge in [0, 0.05) is 11.9 Å². The van der Waals surface area contributed by atoms with Crippen molar-refractivity contribution in [2.75, 3.05) is 0 Å². The average Bonchev–Trinajstić information content (AvgIpc) is 2.04. The van der Waals surface area contributed by atoms with Crippen LogP contribution in [0.4, 0.5) is 0 Å². The monoisotopic (exact) mass is 179 g/mol. The van der Waals surface area contributed by atoms with Gasteiger partial charge in [-0.25, -0.2) is 0 Å². The molecule has 0 aliphatic heterocycles. The molecule has 0 N–H and O–H groups in total. The van der Waals surface area contributed by atoms with Gasteiger partial charge in [-0.1, -0.05) is 32.9 Å². The van der Waals surface area contributed by atoms with Crippen molar-refractivity contribution in [1.29, 1.82) is 0 Å². The van der Waals surface area contributed by atoms with Crippen LogP contribution in [0.2, 0.25) is 0 Å². The van der Waals surface area contributed by atoms with E-state index in [0.717, 1.165) is 12.1 Å². The van der Waals surface area contributed by atoms with Crippen molar-refractivity contribution in [1.82, 2.24) is 0 Å². The number of hydrogen-bond donors (Lipinski definition) is 0. The highest BCUT2D eigenvalue weighted by molar-refractivity contribution is 5.99. The number of allylic oxidation sites excluding steroid dienone is 2. The summed E-state index contributed by atoms with van der Waals surface area (Å²) >= 11 is 0. The minimum Gasteiger partial charge on any atom is -0.262 e. The van der Waals surface area contributed by atoms with Crippen molar-refractivity contribution in [2.45, 2.75) is 41.0 Å². The van der Waals surface area contributed by atoms with Crippen LogP contribution in [-0.4, -0.2) is 5.71 Å². The topological polar surface area (TPSA) is 12.4 Å². The van der Waals surface area contributed by atoms with Gasteiger partial charge in [-0.2, -0.15) is 0 Å². The lowest BCUT2D eigenvalue weighted by atomic mass is 9.93. The van der Waals surface area contributed by atoms with Crippen LogP contribution in [0.25, 0.3) is 0 Å². The van der Waals surface area contributed by atoms with E-state index in [4.69, 9.17) is 0 Å². The smallest absolute Gasteiger partial charge is 0.0406 e. The van der Waals surface area contributed by atoms with E-state index in [1.807, 2.05) is 0 Å². The molecule has 0 atom stereocenters. The molecule has 0 bridgehead atoms. The highest BCUT2D eigenvalue weighted by atomic mass is 14.7. The first-order valence-corrected chi connectivity index (χ1v) is 4.89. The van der Waals surface area contributed by atoms with Gasteiger partial charge in [-0.3, -0.25) is 4.99 Å². The summed E-state index contributed by atoms with van der Waals surface area (Å²) in [4.78, 5) is 4.24. The third-order valence-corrected chi connectivity index (χ3v) is 2.24. The maximum Gasteiger partial charge on any atom is 0.0406 e. The molecule has 0 aliphatic rings. The van der Waals surface area contributed by atoms with Gasteiger partial charge in [0.15, 0.2) is 0 Å². The summed E-state index contributed by atoms with van der Waals surface area (Å²) in [6.45, 7) is 14.4. The lowest BCUT2D eigenvalue weighted by molar-refractivity contribution is 0.781. The Labute approximate surface area is 82.3 Å². The summed E-state index contributed by atoms with van der Waals surface area (Å²) in [7, 11) is 0. The molecule has 0 aliphatic carbocycles.